The van der Waals surface area contributed by atoms with Gasteiger partial charge in [-0.05, 0) is 92.1 Å². The lowest BCUT2D eigenvalue weighted by molar-refractivity contribution is -0.136. The molecule has 7 nitrogen and oxygen atoms in total. The largest absolute Gasteiger partial charge is 0.490 e. The average Bonchev–Trinajstić information content (AvgIpc) is 3.46. The second kappa shape index (κ2) is 13.7. The first-order valence-corrected chi connectivity index (χ1v) is 12.5. The van der Waals surface area contributed by atoms with Gasteiger partial charge in [0.1, 0.15) is 11.9 Å². The zero-order valence-electron chi connectivity index (χ0n) is 20.2. The van der Waals surface area contributed by atoms with Crippen molar-refractivity contribution in [2.45, 2.75) is 45.1 Å². The van der Waals surface area contributed by atoms with Crippen molar-refractivity contribution in [2.75, 3.05) is 19.7 Å². The second-order valence-corrected chi connectivity index (χ2v) is 9.67. The van der Waals surface area contributed by atoms with E-state index in [-0.39, 0.29) is 43.2 Å². The van der Waals surface area contributed by atoms with Crippen molar-refractivity contribution in [1.29, 1.82) is 5.41 Å². The third kappa shape index (κ3) is 7.49. The molecule has 3 aromatic rings. The summed E-state index contributed by atoms with van der Waals surface area (Å²) in [5.74, 6) is 0.661. The summed E-state index contributed by atoms with van der Waals surface area (Å²) in [4.78, 5) is 12.5. The minimum atomic E-state index is -0.812. The summed E-state index contributed by atoms with van der Waals surface area (Å²) in [6.45, 7) is 4.21. The Hall–Kier alpha value is -2.52. The van der Waals surface area contributed by atoms with E-state index < -0.39 is 5.97 Å². The van der Waals surface area contributed by atoms with Gasteiger partial charge in [0.25, 0.3) is 0 Å². The molecule has 0 spiro atoms. The molecule has 196 valence electrons. The average molecular weight is 555 g/mol. The third-order valence-electron chi connectivity index (χ3n) is 6.00. The van der Waals surface area contributed by atoms with Crippen LogP contribution >= 0.6 is 36.2 Å². The van der Waals surface area contributed by atoms with Gasteiger partial charge in [-0.1, -0.05) is 0 Å². The van der Waals surface area contributed by atoms with Crippen molar-refractivity contribution in [3.63, 3.8) is 0 Å². The van der Waals surface area contributed by atoms with E-state index in [0.717, 1.165) is 59.1 Å². The summed E-state index contributed by atoms with van der Waals surface area (Å²) in [5.41, 5.74) is 8.44. The number of benzene rings is 2. The molecule has 0 saturated carbocycles. The van der Waals surface area contributed by atoms with Gasteiger partial charge >= 0.3 is 5.97 Å². The minimum absolute atomic E-state index is 0. The molecule has 1 aliphatic heterocycles. The normalized spacial score (nSPS) is 14.6. The number of thiophene rings is 1. The Balaban J connectivity index is 0.00000228. The first-order chi connectivity index (χ1) is 16.4. The fourth-order valence-electron chi connectivity index (χ4n) is 4.27. The van der Waals surface area contributed by atoms with Crippen LogP contribution in [0.2, 0.25) is 0 Å². The lowest BCUT2D eigenvalue weighted by Gasteiger charge is -2.19. The molecule has 1 saturated heterocycles. The van der Waals surface area contributed by atoms with Crippen LogP contribution in [-0.4, -0.2) is 42.7 Å². The van der Waals surface area contributed by atoms with Crippen LogP contribution < -0.4 is 20.5 Å². The molecule has 10 heteroatoms. The second-order valence-electron chi connectivity index (χ2n) is 8.51. The van der Waals surface area contributed by atoms with Crippen LogP contribution in [-0.2, 0) is 24.1 Å². The van der Waals surface area contributed by atoms with Gasteiger partial charge in [0.2, 0.25) is 0 Å². The minimum Gasteiger partial charge on any atom is -0.490 e. The molecule has 0 bridgehead atoms. The van der Waals surface area contributed by atoms with Gasteiger partial charge in [0.05, 0.1) is 6.61 Å². The van der Waals surface area contributed by atoms with Crippen LogP contribution in [0.25, 0.3) is 10.1 Å². The fraction of sp³-hybridized carbons (Fsp3) is 0.385. The number of aliphatic carboxylic acids is 1. The van der Waals surface area contributed by atoms with Crippen LogP contribution in [0.4, 0.5) is 0 Å². The molecule has 2 aromatic carbocycles. The number of amidine groups is 1. The van der Waals surface area contributed by atoms with Crippen LogP contribution in [0.15, 0.2) is 36.4 Å². The van der Waals surface area contributed by atoms with E-state index in [9.17, 15) is 9.90 Å². The number of carbonyl (C=O) groups is 1. The van der Waals surface area contributed by atoms with Crippen LogP contribution in [0, 0.1) is 5.41 Å². The molecule has 0 unspecified atom stereocenters. The highest BCUT2D eigenvalue weighted by Gasteiger charge is 2.20. The van der Waals surface area contributed by atoms with Crippen molar-refractivity contribution in [3.8, 4) is 11.5 Å². The maximum absolute atomic E-state index is 11.3. The smallest absolute Gasteiger partial charge is 0.303 e. The molecular weight excluding hydrogens is 521 g/mol. The van der Waals surface area contributed by atoms with Gasteiger partial charge in [-0.15, -0.1) is 36.2 Å². The predicted molar refractivity (Wildman–Crippen MR) is 150 cm³/mol. The number of nitrogens with one attached hydrogen (secondary N) is 2. The fourth-order valence-corrected chi connectivity index (χ4v) is 5.31. The molecule has 5 N–H and O–H groups in total. The summed E-state index contributed by atoms with van der Waals surface area (Å²) >= 11 is 1.73. The summed E-state index contributed by atoms with van der Waals surface area (Å²) in [5, 5.41) is 21.3. The van der Waals surface area contributed by atoms with Gasteiger partial charge in [-0.3, -0.25) is 10.2 Å². The molecule has 4 rings (SSSR count). The topological polar surface area (TPSA) is 118 Å². The number of halogens is 2. The van der Waals surface area contributed by atoms with Gasteiger partial charge in [0, 0.05) is 28.1 Å². The van der Waals surface area contributed by atoms with Crippen LogP contribution in [0.1, 0.15) is 41.3 Å². The maximum atomic E-state index is 11.3. The summed E-state index contributed by atoms with van der Waals surface area (Å²) in [6.07, 6.45) is 3.15. The van der Waals surface area contributed by atoms with E-state index in [0.29, 0.717) is 24.5 Å². The monoisotopic (exact) mass is 553 g/mol. The zero-order chi connectivity index (χ0) is 24.1. The molecule has 0 amide bonds. The van der Waals surface area contributed by atoms with Crippen molar-refractivity contribution in [1.82, 2.24) is 5.32 Å². The Kier molecular flexibility index (Phi) is 11.3. The highest BCUT2D eigenvalue weighted by Crippen LogP contribution is 2.35. The van der Waals surface area contributed by atoms with Gasteiger partial charge in [-0.25, -0.2) is 0 Å². The number of carboxylic acid groups (broad SMARTS) is 1. The van der Waals surface area contributed by atoms with Crippen molar-refractivity contribution in [2.24, 2.45) is 5.73 Å². The molecule has 1 aromatic heterocycles. The predicted octanol–water partition coefficient (Wildman–Crippen LogP) is 4.97. The number of hydrogen-bond donors (Lipinski definition) is 4. The first-order valence-electron chi connectivity index (χ1n) is 11.7. The number of rotatable bonds is 11. The number of ether oxygens (including phenoxy) is 2. The lowest BCUT2D eigenvalue weighted by Crippen LogP contribution is -2.20. The number of fused-ring (bicyclic) bond motifs is 1. The Morgan fingerprint density at radius 2 is 1.89 bits per heavy atom. The quantitative estimate of drug-likeness (QED) is 0.196. The van der Waals surface area contributed by atoms with E-state index in [1.165, 1.54) is 4.88 Å². The summed E-state index contributed by atoms with van der Waals surface area (Å²) < 4.78 is 13.3. The number of nitrogen functional groups attached to an aromatic ring is 1. The highest BCUT2D eigenvalue weighted by atomic mass is 35.5. The van der Waals surface area contributed by atoms with Crippen molar-refractivity contribution >= 4 is 58.0 Å². The first kappa shape index (κ1) is 29.7. The molecular formula is C26H33Cl2N3O4S. The summed E-state index contributed by atoms with van der Waals surface area (Å²) in [6, 6.07) is 12.0. The molecule has 36 heavy (non-hydrogen) atoms. The van der Waals surface area contributed by atoms with E-state index in [1.54, 1.807) is 11.3 Å². The Bertz CT molecular complexity index is 1200. The van der Waals surface area contributed by atoms with E-state index in [1.807, 2.05) is 37.3 Å². The standard InChI is InChI=1S/C26H31N3O4S.2ClH/c1-2-32-22-13-16(3-6-21-12-19-11-18(26(27)28)4-7-24(19)34-21)17(5-8-25(30)31)14-23(22)33-20-9-10-29-15-20;;/h4,7,11-14,20,29H,2-3,5-6,8-10,15H2,1H3,(H3,27,28)(H,30,31);2*1H/t20-;;/m0../s1. The Morgan fingerprint density at radius 3 is 2.56 bits per heavy atom. The Morgan fingerprint density at radius 1 is 1.14 bits per heavy atom. The SMILES string of the molecule is CCOc1cc(CCc2cc3cc(C(=N)N)ccc3s2)c(CCC(=O)O)cc1O[C@H]1CCNC1.Cl.Cl. The van der Waals surface area contributed by atoms with E-state index in [2.05, 4.69) is 11.4 Å². The summed E-state index contributed by atoms with van der Waals surface area (Å²) in [7, 11) is 0. The molecule has 1 fully saturated rings. The van der Waals surface area contributed by atoms with E-state index in [4.69, 9.17) is 20.6 Å². The van der Waals surface area contributed by atoms with Gasteiger partial charge in [0.15, 0.2) is 11.5 Å². The van der Waals surface area contributed by atoms with Crippen molar-refractivity contribution in [3.05, 3.63) is 58.0 Å². The van der Waals surface area contributed by atoms with Crippen LogP contribution in [0.5, 0.6) is 11.5 Å². The molecule has 0 aliphatic carbocycles. The molecule has 2 heterocycles. The zero-order valence-corrected chi connectivity index (χ0v) is 22.6. The molecule has 0 radical (unpaired) electrons. The van der Waals surface area contributed by atoms with E-state index >= 15 is 0 Å². The van der Waals surface area contributed by atoms with Crippen LogP contribution in [0.3, 0.4) is 0 Å². The molecule has 1 atom stereocenters. The number of hydrogen-bond acceptors (Lipinski definition) is 6. The third-order valence-corrected chi connectivity index (χ3v) is 7.18. The molecule has 1 aliphatic rings. The van der Waals surface area contributed by atoms with Crippen molar-refractivity contribution < 1.29 is 19.4 Å². The number of aryl methyl sites for hydroxylation is 3. The number of nitrogens with two attached hydrogens (primary N) is 1. The lowest BCUT2D eigenvalue weighted by atomic mass is 9.97. The van der Waals surface area contributed by atoms with Gasteiger partial charge < -0.3 is 25.6 Å². The highest BCUT2D eigenvalue weighted by molar-refractivity contribution is 7.19. The maximum Gasteiger partial charge on any atom is 0.303 e. The Labute approximate surface area is 227 Å². The van der Waals surface area contributed by atoms with Gasteiger partial charge in [-0.2, -0.15) is 0 Å². The number of carboxylic acids is 1.